The average molecular weight is 300 g/mol. The molecule has 7 heteroatoms. The lowest BCUT2D eigenvalue weighted by Gasteiger charge is -2.09. The number of anilines is 2. The molecule has 18 heavy (non-hydrogen) atoms. The molecule has 0 saturated carbocycles. The molecule has 4 nitrogen and oxygen atoms in total. The van der Waals surface area contributed by atoms with Crippen molar-refractivity contribution in [2.45, 2.75) is 0 Å². The van der Waals surface area contributed by atoms with Crippen molar-refractivity contribution in [2.24, 2.45) is 0 Å². The fourth-order valence-corrected chi connectivity index (χ4v) is 1.75. The fourth-order valence-electron chi connectivity index (χ4n) is 1.25. The molecule has 0 unspecified atom stereocenters. The van der Waals surface area contributed by atoms with Gasteiger partial charge in [-0.2, -0.15) is 10.2 Å². The van der Waals surface area contributed by atoms with Gasteiger partial charge in [-0.05, 0) is 29.8 Å². The quantitative estimate of drug-likeness (QED) is 0.850. The van der Waals surface area contributed by atoms with E-state index >= 15 is 0 Å². The van der Waals surface area contributed by atoms with Crippen molar-refractivity contribution in [1.82, 2.24) is 9.97 Å². The van der Waals surface area contributed by atoms with Crippen molar-refractivity contribution in [3.8, 4) is 6.07 Å². The van der Waals surface area contributed by atoms with Crippen LogP contribution in [0.2, 0.25) is 15.3 Å². The first-order chi connectivity index (χ1) is 8.60. The Hall–Kier alpha value is -1.54. The number of aromatic nitrogens is 2. The van der Waals surface area contributed by atoms with Gasteiger partial charge in [0.2, 0.25) is 5.28 Å². The molecule has 90 valence electrons. The zero-order valence-electron chi connectivity index (χ0n) is 8.78. The number of halogens is 3. The number of rotatable bonds is 2. The number of nitriles is 1. The van der Waals surface area contributed by atoms with Crippen LogP contribution in [-0.4, -0.2) is 9.97 Å². The van der Waals surface area contributed by atoms with Gasteiger partial charge >= 0.3 is 0 Å². The van der Waals surface area contributed by atoms with E-state index in [4.69, 9.17) is 40.1 Å². The summed E-state index contributed by atoms with van der Waals surface area (Å²) in [5.74, 6) is 0.350. The van der Waals surface area contributed by atoms with Gasteiger partial charge in [-0.25, -0.2) is 4.98 Å². The lowest BCUT2D eigenvalue weighted by Crippen LogP contribution is -1.97. The number of nitrogens with zero attached hydrogens (tertiary/aromatic N) is 3. The van der Waals surface area contributed by atoms with Crippen LogP contribution in [0.5, 0.6) is 0 Å². The van der Waals surface area contributed by atoms with E-state index in [2.05, 4.69) is 15.3 Å². The molecule has 1 aromatic carbocycles. The monoisotopic (exact) mass is 298 g/mol. The number of benzene rings is 1. The smallest absolute Gasteiger partial charge is 0.224 e. The van der Waals surface area contributed by atoms with Crippen molar-refractivity contribution in [3.05, 3.63) is 45.3 Å². The standard InChI is InChI=1S/C11H5Cl3N4/c12-7-3-6(4-15)1-2-9(7)17-10-8(13)5-16-11(14)18-10/h1-3,5H,(H,16,17,18). The summed E-state index contributed by atoms with van der Waals surface area (Å²) in [7, 11) is 0. The summed E-state index contributed by atoms with van der Waals surface area (Å²) in [5, 5.41) is 12.4. The lowest BCUT2D eigenvalue weighted by atomic mass is 10.2. The van der Waals surface area contributed by atoms with Crippen LogP contribution in [0.4, 0.5) is 11.5 Å². The zero-order valence-corrected chi connectivity index (χ0v) is 11.1. The maximum absolute atomic E-state index is 8.73. The summed E-state index contributed by atoms with van der Waals surface area (Å²) < 4.78 is 0. The third kappa shape index (κ3) is 2.82. The van der Waals surface area contributed by atoms with Crippen molar-refractivity contribution in [3.63, 3.8) is 0 Å². The van der Waals surface area contributed by atoms with E-state index in [0.717, 1.165) is 0 Å². The van der Waals surface area contributed by atoms with Crippen LogP contribution in [0.15, 0.2) is 24.4 Å². The number of hydrogen-bond acceptors (Lipinski definition) is 4. The summed E-state index contributed by atoms with van der Waals surface area (Å²) in [6, 6.07) is 6.83. The molecule has 0 bridgehead atoms. The zero-order chi connectivity index (χ0) is 13.1. The number of hydrogen-bond donors (Lipinski definition) is 1. The fraction of sp³-hybridized carbons (Fsp3) is 0. The molecular formula is C11H5Cl3N4. The highest BCUT2D eigenvalue weighted by atomic mass is 35.5. The highest BCUT2D eigenvalue weighted by molar-refractivity contribution is 6.35. The second kappa shape index (κ2) is 5.40. The van der Waals surface area contributed by atoms with Crippen LogP contribution < -0.4 is 5.32 Å². The molecule has 1 heterocycles. The first-order valence-electron chi connectivity index (χ1n) is 4.75. The van der Waals surface area contributed by atoms with Gasteiger partial charge in [0.15, 0.2) is 5.82 Å². The maximum Gasteiger partial charge on any atom is 0.224 e. The van der Waals surface area contributed by atoms with Gasteiger partial charge in [-0.3, -0.25) is 0 Å². The molecule has 1 aromatic heterocycles. The predicted molar refractivity (Wildman–Crippen MR) is 71.5 cm³/mol. The predicted octanol–water partition coefficient (Wildman–Crippen LogP) is 4.05. The van der Waals surface area contributed by atoms with Gasteiger partial charge in [0, 0.05) is 0 Å². The topological polar surface area (TPSA) is 61.6 Å². The molecule has 0 radical (unpaired) electrons. The van der Waals surface area contributed by atoms with Gasteiger partial charge in [-0.1, -0.05) is 23.2 Å². The molecular weight excluding hydrogens is 295 g/mol. The van der Waals surface area contributed by atoms with E-state index in [1.807, 2.05) is 6.07 Å². The minimum absolute atomic E-state index is 0.0756. The van der Waals surface area contributed by atoms with E-state index in [-0.39, 0.29) is 5.28 Å². The molecule has 2 rings (SSSR count). The Balaban J connectivity index is 2.34. The van der Waals surface area contributed by atoms with Crippen molar-refractivity contribution in [1.29, 1.82) is 5.26 Å². The second-order valence-corrected chi connectivity index (χ2v) is 4.42. The van der Waals surface area contributed by atoms with Crippen molar-refractivity contribution in [2.75, 3.05) is 5.32 Å². The van der Waals surface area contributed by atoms with E-state index in [9.17, 15) is 0 Å². The van der Waals surface area contributed by atoms with Gasteiger partial charge in [0.05, 0.1) is 28.5 Å². The molecule has 0 amide bonds. The summed E-state index contributed by atoms with van der Waals surface area (Å²) in [5.41, 5.74) is 1.05. The van der Waals surface area contributed by atoms with Crippen molar-refractivity contribution < 1.29 is 0 Å². The first-order valence-corrected chi connectivity index (χ1v) is 5.88. The van der Waals surface area contributed by atoms with E-state index in [1.165, 1.54) is 6.20 Å². The van der Waals surface area contributed by atoms with E-state index in [1.54, 1.807) is 18.2 Å². The summed E-state index contributed by atoms with van der Waals surface area (Å²) in [6.45, 7) is 0. The minimum Gasteiger partial charge on any atom is -0.338 e. The normalized spacial score (nSPS) is 9.89. The Morgan fingerprint density at radius 2 is 1.94 bits per heavy atom. The molecule has 0 aliphatic carbocycles. The lowest BCUT2D eigenvalue weighted by molar-refractivity contribution is 1.17. The molecule has 2 aromatic rings. The maximum atomic E-state index is 8.73. The molecule has 1 N–H and O–H groups in total. The third-order valence-electron chi connectivity index (χ3n) is 2.07. The Kier molecular flexibility index (Phi) is 3.87. The Morgan fingerprint density at radius 1 is 1.17 bits per heavy atom. The van der Waals surface area contributed by atoms with Gasteiger partial charge in [-0.15, -0.1) is 0 Å². The van der Waals surface area contributed by atoms with Crippen LogP contribution in [0.1, 0.15) is 5.56 Å². The van der Waals surface area contributed by atoms with Crippen LogP contribution in [0.3, 0.4) is 0 Å². The van der Waals surface area contributed by atoms with Gasteiger partial charge in [0.25, 0.3) is 0 Å². The summed E-state index contributed by atoms with van der Waals surface area (Å²) in [4.78, 5) is 7.68. The van der Waals surface area contributed by atoms with Crippen LogP contribution >= 0.6 is 34.8 Å². The molecule has 0 spiro atoms. The average Bonchev–Trinajstić information content (AvgIpc) is 2.36. The van der Waals surface area contributed by atoms with E-state index < -0.39 is 0 Å². The Bertz CT molecular complexity index is 637. The SMILES string of the molecule is N#Cc1ccc(Nc2nc(Cl)ncc2Cl)c(Cl)c1. The van der Waals surface area contributed by atoms with Crippen LogP contribution in [0, 0.1) is 11.3 Å². The molecule has 0 saturated heterocycles. The van der Waals surface area contributed by atoms with E-state index in [0.29, 0.717) is 27.1 Å². The van der Waals surface area contributed by atoms with Crippen LogP contribution in [0.25, 0.3) is 0 Å². The second-order valence-electron chi connectivity index (χ2n) is 3.27. The molecule has 0 atom stereocenters. The molecule has 0 aliphatic rings. The van der Waals surface area contributed by atoms with Crippen molar-refractivity contribution >= 4 is 46.3 Å². The molecule has 0 fully saturated rings. The minimum atomic E-state index is 0.0756. The van der Waals surface area contributed by atoms with Gasteiger partial charge in [0.1, 0.15) is 5.02 Å². The van der Waals surface area contributed by atoms with Crippen LogP contribution in [-0.2, 0) is 0 Å². The Labute approximate surface area is 118 Å². The number of nitrogens with one attached hydrogen (secondary N) is 1. The summed E-state index contributed by atoms with van der Waals surface area (Å²) >= 11 is 17.6. The highest BCUT2D eigenvalue weighted by Gasteiger charge is 2.07. The largest absolute Gasteiger partial charge is 0.338 e. The first kappa shape index (κ1) is 12.9. The van der Waals surface area contributed by atoms with Gasteiger partial charge < -0.3 is 5.32 Å². The summed E-state index contributed by atoms with van der Waals surface area (Å²) in [6.07, 6.45) is 1.39. The third-order valence-corrected chi connectivity index (χ3v) is 2.84. The Morgan fingerprint density at radius 3 is 2.61 bits per heavy atom. The highest BCUT2D eigenvalue weighted by Crippen LogP contribution is 2.29. The molecule has 0 aliphatic heterocycles.